The molecule has 1 N–H and O–H groups in total. The SMILES string of the molecule is CC(=O)N1CCN(C(=O)N2CSC[C@H]2C(=O)O)CC1. The number of amides is 3. The Morgan fingerprint density at radius 2 is 1.68 bits per heavy atom. The van der Waals surface area contributed by atoms with Crippen molar-refractivity contribution in [1.29, 1.82) is 0 Å². The summed E-state index contributed by atoms with van der Waals surface area (Å²) in [5.74, 6) is -0.0926. The number of carboxylic acid groups (broad SMARTS) is 1. The number of carboxylic acids is 1. The van der Waals surface area contributed by atoms with Crippen molar-refractivity contribution in [3.63, 3.8) is 0 Å². The first kappa shape index (κ1) is 14.0. The highest BCUT2D eigenvalue weighted by atomic mass is 32.2. The highest BCUT2D eigenvalue weighted by molar-refractivity contribution is 7.99. The molecule has 2 heterocycles. The number of aliphatic carboxylic acids is 1. The van der Waals surface area contributed by atoms with Gasteiger partial charge >= 0.3 is 12.0 Å². The van der Waals surface area contributed by atoms with Crippen LogP contribution in [-0.2, 0) is 9.59 Å². The molecule has 0 saturated carbocycles. The molecule has 2 saturated heterocycles. The van der Waals surface area contributed by atoms with E-state index in [1.165, 1.54) is 23.6 Å². The van der Waals surface area contributed by atoms with Crippen LogP contribution in [0.1, 0.15) is 6.92 Å². The van der Waals surface area contributed by atoms with Crippen LogP contribution < -0.4 is 0 Å². The van der Waals surface area contributed by atoms with Crippen LogP contribution in [0.25, 0.3) is 0 Å². The van der Waals surface area contributed by atoms with Gasteiger partial charge < -0.3 is 19.8 Å². The highest BCUT2D eigenvalue weighted by Gasteiger charge is 2.37. The molecule has 0 radical (unpaired) electrons. The number of hydrogen-bond donors (Lipinski definition) is 1. The average Bonchev–Trinajstić information content (AvgIpc) is 2.87. The van der Waals surface area contributed by atoms with E-state index in [1.54, 1.807) is 9.80 Å². The van der Waals surface area contributed by atoms with Crippen LogP contribution in [0.4, 0.5) is 4.79 Å². The largest absolute Gasteiger partial charge is 0.480 e. The van der Waals surface area contributed by atoms with Gasteiger partial charge in [0, 0.05) is 38.9 Å². The Kier molecular flexibility index (Phi) is 4.18. The van der Waals surface area contributed by atoms with Crippen LogP contribution in [0.3, 0.4) is 0 Å². The number of piperazine rings is 1. The standard InChI is InChI=1S/C11H17N3O4S/c1-8(15)12-2-4-13(5-3-12)11(18)14-7-19-6-9(14)10(16)17/h9H,2-7H2,1H3,(H,16,17)/t9-/m0/s1. The summed E-state index contributed by atoms with van der Waals surface area (Å²) in [6.07, 6.45) is 0. The van der Waals surface area contributed by atoms with Crippen molar-refractivity contribution in [2.24, 2.45) is 0 Å². The fraction of sp³-hybridized carbons (Fsp3) is 0.727. The molecule has 0 aromatic rings. The molecule has 2 rings (SSSR count). The molecule has 0 bridgehead atoms. The molecule has 0 spiro atoms. The Labute approximate surface area is 115 Å². The molecular weight excluding hydrogens is 270 g/mol. The zero-order valence-corrected chi connectivity index (χ0v) is 11.6. The van der Waals surface area contributed by atoms with Gasteiger partial charge in [0.1, 0.15) is 6.04 Å². The van der Waals surface area contributed by atoms with Crippen LogP contribution in [-0.4, -0.2) is 81.6 Å². The summed E-state index contributed by atoms with van der Waals surface area (Å²) < 4.78 is 0. The monoisotopic (exact) mass is 287 g/mol. The van der Waals surface area contributed by atoms with Gasteiger partial charge in [-0.1, -0.05) is 0 Å². The van der Waals surface area contributed by atoms with E-state index in [0.717, 1.165) is 0 Å². The Bertz CT molecular complexity index is 395. The van der Waals surface area contributed by atoms with Crippen molar-refractivity contribution >= 4 is 29.7 Å². The van der Waals surface area contributed by atoms with Crippen LogP contribution in [0, 0.1) is 0 Å². The number of thioether (sulfide) groups is 1. The van der Waals surface area contributed by atoms with Crippen molar-refractivity contribution in [2.45, 2.75) is 13.0 Å². The summed E-state index contributed by atoms with van der Waals surface area (Å²) in [6, 6.07) is -0.969. The first-order valence-electron chi connectivity index (χ1n) is 6.12. The van der Waals surface area contributed by atoms with E-state index < -0.39 is 12.0 Å². The minimum Gasteiger partial charge on any atom is -0.480 e. The zero-order chi connectivity index (χ0) is 14.0. The summed E-state index contributed by atoms with van der Waals surface area (Å²) in [6.45, 7) is 3.46. The average molecular weight is 287 g/mol. The van der Waals surface area contributed by atoms with Crippen LogP contribution >= 0.6 is 11.8 Å². The Morgan fingerprint density at radius 3 is 2.21 bits per heavy atom. The maximum absolute atomic E-state index is 12.3. The van der Waals surface area contributed by atoms with Crippen LogP contribution in [0.5, 0.6) is 0 Å². The maximum Gasteiger partial charge on any atom is 0.327 e. The predicted octanol–water partition coefficient (Wildman–Crippen LogP) is -0.270. The van der Waals surface area contributed by atoms with Crippen molar-refractivity contribution in [3.8, 4) is 0 Å². The third-order valence-corrected chi connectivity index (χ3v) is 4.42. The molecule has 3 amide bonds. The second-order valence-corrected chi connectivity index (χ2v) is 5.60. The van der Waals surface area contributed by atoms with Crippen molar-refractivity contribution in [2.75, 3.05) is 37.8 Å². The smallest absolute Gasteiger partial charge is 0.327 e. The molecule has 8 heteroatoms. The molecule has 2 aliphatic heterocycles. The molecule has 0 aliphatic carbocycles. The lowest BCUT2D eigenvalue weighted by Crippen LogP contribution is -2.55. The summed E-state index contributed by atoms with van der Waals surface area (Å²) in [5, 5.41) is 9.07. The predicted molar refractivity (Wildman–Crippen MR) is 69.8 cm³/mol. The number of hydrogen-bond acceptors (Lipinski definition) is 4. The number of nitrogens with zero attached hydrogens (tertiary/aromatic N) is 3. The van der Waals surface area contributed by atoms with Gasteiger partial charge in [-0.2, -0.15) is 0 Å². The molecule has 19 heavy (non-hydrogen) atoms. The van der Waals surface area contributed by atoms with E-state index in [1.807, 2.05) is 0 Å². The molecule has 2 aliphatic rings. The van der Waals surface area contributed by atoms with Gasteiger partial charge in [-0.25, -0.2) is 9.59 Å². The first-order chi connectivity index (χ1) is 9.00. The van der Waals surface area contributed by atoms with E-state index in [-0.39, 0.29) is 11.9 Å². The Hall–Kier alpha value is -1.44. The molecule has 1 atom stereocenters. The molecule has 7 nitrogen and oxygen atoms in total. The topological polar surface area (TPSA) is 81.2 Å². The third kappa shape index (κ3) is 2.94. The minimum atomic E-state index is -0.958. The number of rotatable bonds is 1. The number of carbonyl (C=O) groups is 3. The Morgan fingerprint density at radius 1 is 1.11 bits per heavy atom. The summed E-state index contributed by atoms with van der Waals surface area (Å²) >= 11 is 1.45. The van der Waals surface area contributed by atoms with E-state index in [9.17, 15) is 14.4 Å². The summed E-state index contributed by atoms with van der Waals surface area (Å²) in [7, 11) is 0. The van der Waals surface area contributed by atoms with E-state index in [0.29, 0.717) is 37.8 Å². The molecule has 2 fully saturated rings. The number of urea groups is 1. The quantitative estimate of drug-likeness (QED) is 0.718. The summed E-state index contributed by atoms with van der Waals surface area (Å²) in [5.41, 5.74) is 0. The Balaban J connectivity index is 1.94. The molecular formula is C11H17N3O4S. The van der Waals surface area contributed by atoms with E-state index in [4.69, 9.17) is 5.11 Å². The van der Waals surface area contributed by atoms with Crippen molar-refractivity contribution in [3.05, 3.63) is 0 Å². The minimum absolute atomic E-state index is 0.00670. The van der Waals surface area contributed by atoms with Crippen LogP contribution in [0.2, 0.25) is 0 Å². The van der Waals surface area contributed by atoms with Crippen molar-refractivity contribution < 1.29 is 19.5 Å². The zero-order valence-electron chi connectivity index (χ0n) is 10.7. The fourth-order valence-corrected chi connectivity index (χ4v) is 3.37. The van der Waals surface area contributed by atoms with Gasteiger partial charge in [0.25, 0.3) is 0 Å². The second kappa shape index (κ2) is 5.68. The molecule has 0 aromatic carbocycles. The molecule has 0 aromatic heterocycles. The molecule has 0 unspecified atom stereocenters. The van der Waals surface area contributed by atoms with Crippen molar-refractivity contribution in [1.82, 2.24) is 14.7 Å². The first-order valence-corrected chi connectivity index (χ1v) is 7.28. The van der Waals surface area contributed by atoms with Gasteiger partial charge in [-0.3, -0.25) is 4.79 Å². The summed E-state index contributed by atoms with van der Waals surface area (Å²) in [4.78, 5) is 39.2. The van der Waals surface area contributed by atoms with Crippen LogP contribution in [0.15, 0.2) is 0 Å². The lowest BCUT2D eigenvalue weighted by Gasteiger charge is -2.36. The van der Waals surface area contributed by atoms with Gasteiger partial charge in [0.05, 0.1) is 5.88 Å². The van der Waals surface area contributed by atoms with E-state index >= 15 is 0 Å². The van der Waals surface area contributed by atoms with Gasteiger partial charge in [-0.15, -0.1) is 11.8 Å². The normalized spacial score (nSPS) is 23.6. The third-order valence-electron chi connectivity index (χ3n) is 3.41. The number of carbonyl (C=O) groups excluding carboxylic acids is 2. The van der Waals surface area contributed by atoms with Gasteiger partial charge in [-0.05, 0) is 0 Å². The second-order valence-electron chi connectivity index (χ2n) is 4.60. The van der Waals surface area contributed by atoms with Gasteiger partial charge in [0.15, 0.2) is 0 Å². The lowest BCUT2D eigenvalue weighted by atomic mass is 10.3. The lowest BCUT2D eigenvalue weighted by molar-refractivity contribution is -0.141. The van der Waals surface area contributed by atoms with Gasteiger partial charge in [0.2, 0.25) is 5.91 Å². The fourth-order valence-electron chi connectivity index (χ4n) is 2.23. The maximum atomic E-state index is 12.3. The highest BCUT2D eigenvalue weighted by Crippen LogP contribution is 2.23. The van der Waals surface area contributed by atoms with E-state index in [2.05, 4.69) is 0 Å². The molecule has 106 valence electrons.